The van der Waals surface area contributed by atoms with Gasteiger partial charge in [-0.1, -0.05) is 0 Å². The first-order chi connectivity index (χ1) is 2.41. The molecule has 0 aliphatic heterocycles. The second kappa shape index (κ2) is 9.28. The Kier molecular flexibility index (Phi) is 15.4. The predicted molar refractivity (Wildman–Crippen MR) is 22.2 cm³/mol. The molecule has 0 fully saturated rings. The summed E-state index contributed by atoms with van der Waals surface area (Å²) in [6.07, 6.45) is 0. The summed E-state index contributed by atoms with van der Waals surface area (Å²) in [4.78, 5) is 0. The van der Waals surface area contributed by atoms with Crippen LogP contribution in [0.1, 0.15) is 13.8 Å². The fourth-order valence-electron chi connectivity index (χ4n) is 0.204. The number of hydrogen-bond acceptors (Lipinski definition) is 1. The molecule has 0 aromatic rings. The largest absolute Gasteiger partial charge is 0.382 e. The van der Waals surface area contributed by atoms with Crippen molar-refractivity contribution in [3.05, 3.63) is 0 Å². The van der Waals surface area contributed by atoms with Crippen LogP contribution >= 0.6 is 0 Å². The van der Waals surface area contributed by atoms with Crippen molar-refractivity contribution >= 4 is 0 Å². The Morgan fingerprint density at radius 3 is 1.50 bits per heavy atom. The molecule has 0 bridgehead atoms. The van der Waals surface area contributed by atoms with Gasteiger partial charge in [-0.05, 0) is 13.8 Å². The molecule has 0 aliphatic carbocycles. The van der Waals surface area contributed by atoms with E-state index in [1.165, 1.54) is 0 Å². The Bertz CT molecular complexity index is 15.0. The van der Waals surface area contributed by atoms with Crippen LogP contribution in [0.15, 0.2) is 0 Å². The van der Waals surface area contributed by atoms with E-state index in [-0.39, 0.29) is 26.2 Å². The van der Waals surface area contributed by atoms with Gasteiger partial charge in [-0.15, -0.1) is 0 Å². The second-order valence-electron chi connectivity index (χ2n) is 0.781. The third kappa shape index (κ3) is 8.85. The van der Waals surface area contributed by atoms with Gasteiger partial charge in [-0.2, -0.15) is 0 Å². The van der Waals surface area contributed by atoms with Crippen LogP contribution in [-0.4, -0.2) is 13.2 Å². The van der Waals surface area contributed by atoms with Crippen LogP contribution in [0.3, 0.4) is 0 Å². The average molecular weight is 165 g/mol. The van der Waals surface area contributed by atoms with Crippen molar-refractivity contribution in [2.45, 2.75) is 13.8 Å². The standard InChI is InChI=1S/C4H10O.Zr/c1-3-5-4-2;/h3-4H2,1-2H3;. The zero-order valence-corrected chi connectivity index (χ0v) is 6.78. The number of ether oxygens (including phenoxy) is 1. The van der Waals surface area contributed by atoms with Crippen LogP contribution in [0.5, 0.6) is 0 Å². The molecule has 0 aliphatic rings. The molecule has 0 rings (SSSR count). The van der Waals surface area contributed by atoms with E-state index in [0.29, 0.717) is 0 Å². The molecule has 0 aromatic carbocycles. The van der Waals surface area contributed by atoms with Gasteiger partial charge in [0.2, 0.25) is 0 Å². The van der Waals surface area contributed by atoms with Gasteiger partial charge in [0.1, 0.15) is 0 Å². The van der Waals surface area contributed by atoms with Crippen LogP contribution < -0.4 is 0 Å². The van der Waals surface area contributed by atoms with E-state index in [2.05, 4.69) is 0 Å². The third-order valence-corrected chi connectivity index (χ3v) is 0.408. The second-order valence-corrected chi connectivity index (χ2v) is 0.781. The van der Waals surface area contributed by atoms with E-state index < -0.39 is 0 Å². The first-order valence-corrected chi connectivity index (χ1v) is 1.99. The Balaban J connectivity index is 0. The zero-order valence-electron chi connectivity index (χ0n) is 4.32. The van der Waals surface area contributed by atoms with E-state index in [9.17, 15) is 0 Å². The van der Waals surface area contributed by atoms with Crippen LogP contribution in [0.4, 0.5) is 0 Å². The number of hydrogen-bond donors (Lipinski definition) is 0. The monoisotopic (exact) mass is 164 g/mol. The quantitative estimate of drug-likeness (QED) is 0.594. The van der Waals surface area contributed by atoms with Crippen molar-refractivity contribution in [3.63, 3.8) is 0 Å². The van der Waals surface area contributed by atoms with Crippen LogP contribution in [0, 0.1) is 0 Å². The maximum Gasteiger partial charge on any atom is 0.0437 e. The Labute approximate surface area is 58.2 Å². The fraction of sp³-hybridized carbons (Fsp3) is 1.00. The first kappa shape index (κ1) is 9.96. The molecule has 0 unspecified atom stereocenters. The van der Waals surface area contributed by atoms with Crippen molar-refractivity contribution in [1.29, 1.82) is 0 Å². The van der Waals surface area contributed by atoms with Crippen molar-refractivity contribution in [3.8, 4) is 0 Å². The summed E-state index contributed by atoms with van der Waals surface area (Å²) in [5, 5.41) is 0. The molecule has 0 saturated heterocycles. The summed E-state index contributed by atoms with van der Waals surface area (Å²) in [7, 11) is 0. The van der Waals surface area contributed by atoms with E-state index in [1.807, 2.05) is 13.8 Å². The maximum atomic E-state index is 4.83. The van der Waals surface area contributed by atoms with Gasteiger partial charge in [0.15, 0.2) is 0 Å². The minimum absolute atomic E-state index is 0. The van der Waals surface area contributed by atoms with Gasteiger partial charge in [0.05, 0.1) is 0 Å². The summed E-state index contributed by atoms with van der Waals surface area (Å²) in [6.45, 7) is 5.67. The molecule has 2 heteroatoms. The number of rotatable bonds is 2. The molecule has 6 heavy (non-hydrogen) atoms. The van der Waals surface area contributed by atoms with E-state index in [0.717, 1.165) is 13.2 Å². The molecular formula is C4H10OZr. The summed E-state index contributed by atoms with van der Waals surface area (Å²) in [5.41, 5.74) is 0. The van der Waals surface area contributed by atoms with Crippen molar-refractivity contribution in [2.24, 2.45) is 0 Å². The topological polar surface area (TPSA) is 9.23 Å². The van der Waals surface area contributed by atoms with Crippen LogP contribution in [0.2, 0.25) is 0 Å². The van der Waals surface area contributed by atoms with Crippen molar-refractivity contribution in [2.75, 3.05) is 13.2 Å². The molecule has 0 amide bonds. The SMILES string of the molecule is CCOCC.[Zr]. The van der Waals surface area contributed by atoms with Crippen molar-refractivity contribution in [1.82, 2.24) is 0 Å². The van der Waals surface area contributed by atoms with Gasteiger partial charge in [-0.25, -0.2) is 0 Å². The molecule has 0 saturated carbocycles. The minimum atomic E-state index is 0. The van der Waals surface area contributed by atoms with Crippen molar-refractivity contribution < 1.29 is 30.9 Å². The third-order valence-electron chi connectivity index (χ3n) is 0.408. The molecule has 0 aromatic heterocycles. The molecule has 0 N–H and O–H groups in total. The molecule has 36 valence electrons. The zero-order chi connectivity index (χ0) is 4.12. The van der Waals surface area contributed by atoms with Gasteiger partial charge in [0, 0.05) is 39.4 Å². The molecular weight excluding hydrogens is 155 g/mol. The van der Waals surface area contributed by atoms with E-state index in [4.69, 9.17) is 4.74 Å². The Morgan fingerprint density at radius 2 is 1.50 bits per heavy atom. The molecule has 0 heterocycles. The molecule has 0 spiro atoms. The summed E-state index contributed by atoms with van der Waals surface area (Å²) in [5.74, 6) is 0. The molecule has 0 radical (unpaired) electrons. The molecule has 1 nitrogen and oxygen atoms in total. The van der Waals surface area contributed by atoms with E-state index in [1.54, 1.807) is 0 Å². The Morgan fingerprint density at radius 1 is 1.17 bits per heavy atom. The van der Waals surface area contributed by atoms with Crippen LogP contribution in [0.25, 0.3) is 0 Å². The summed E-state index contributed by atoms with van der Waals surface area (Å²) < 4.78 is 4.83. The van der Waals surface area contributed by atoms with Gasteiger partial charge in [0.25, 0.3) is 0 Å². The van der Waals surface area contributed by atoms with Gasteiger partial charge in [-0.3, -0.25) is 0 Å². The van der Waals surface area contributed by atoms with Gasteiger partial charge < -0.3 is 4.74 Å². The minimum Gasteiger partial charge on any atom is -0.382 e. The normalized spacial score (nSPS) is 7.00. The Hall–Kier alpha value is 0.843. The molecule has 0 atom stereocenters. The first-order valence-electron chi connectivity index (χ1n) is 1.99. The van der Waals surface area contributed by atoms with Crippen LogP contribution in [-0.2, 0) is 30.9 Å². The average Bonchev–Trinajstić information content (AvgIpc) is 1.41. The summed E-state index contributed by atoms with van der Waals surface area (Å²) in [6, 6.07) is 0. The smallest absolute Gasteiger partial charge is 0.0437 e. The van der Waals surface area contributed by atoms with Gasteiger partial charge >= 0.3 is 0 Å². The fourth-order valence-corrected chi connectivity index (χ4v) is 0.204. The maximum absolute atomic E-state index is 4.83. The van der Waals surface area contributed by atoms with E-state index >= 15 is 0 Å². The summed E-state index contributed by atoms with van der Waals surface area (Å²) >= 11 is 0. The predicted octanol–water partition coefficient (Wildman–Crippen LogP) is 1.04.